The molecule has 4 heteroatoms. The Morgan fingerprint density at radius 1 is 1.09 bits per heavy atom. The average Bonchev–Trinajstić information content (AvgIpc) is 2.60. The molecular formula is C19H19NO3. The molecule has 1 N–H and O–H groups in total. The topological polar surface area (TPSA) is 47.6 Å². The molecule has 0 saturated carbocycles. The normalized spacial score (nSPS) is 14.5. The van der Waals surface area contributed by atoms with Crippen molar-refractivity contribution in [2.45, 2.75) is 13.0 Å². The Balaban J connectivity index is 1.63. The molecule has 1 atom stereocenters. The second kappa shape index (κ2) is 7.01. The molecule has 1 aliphatic heterocycles. The summed E-state index contributed by atoms with van der Waals surface area (Å²) in [5.74, 6) is 1.36. The van der Waals surface area contributed by atoms with Crippen LogP contribution in [0.5, 0.6) is 11.5 Å². The molecule has 2 aromatic carbocycles. The van der Waals surface area contributed by atoms with Crippen molar-refractivity contribution in [1.29, 1.82) is 0 Å². The van der Waals surface area contributed by atoms with Crippen LogP contribution in [0.1, 0.15) is 24.1 Å². The van der Waals surface area contributed by atoms with Gasteiger partial charge in [0.25, 0.3) is 0 Å². The summed E-state index contributed by atoms with van der Waals surface area (Å²) >= 11 is 0. The van der Waals surface area contributed by atoms with Gasteiger partial charge in [-0.1, -0.05) is 36.4 Å². The minimum Gasteiger partial charge on any atom is -0.486 e. The third-order valence-electron chi connectivity index (χ3n) is 3.65. The van der Waals surface area contributed by atoms with Gasteiger partial charge in [0.15, 0.2) is 11.5 Å². The Labute approximate surface area is 135 Å². The molecule has 0 aliphatic carbocycles. The lowest BCUT2D eigenvalue weighted by atomic mass is 10.1. The summed E-state index contributed by atoms with van der Waals surface area (Å²) < 4.78 is 11.1. The van der Waals surface area contributed by atoms with Crippen LogP contribution in [0.25, 0.3) is 6.08 Å². The predicted molar refractivity (Wildman–Crippen MR) is 89.5 cm³/mol. The van der Waals surface area contributed by atoms with Crippen LogP contribution >= 0.6 is 0 Å². The summed E-state index contributed by atoms with van der Waals surface area (Å²) in [4.78, 5) is 12.0. The van der Waals surface area contributed by atoms with Crippen LogP contribution in [0.15, 0.2) is 54.6 Å². The van der Waals surface area contributed by atoms with Crippen LogP contribution in [0.4, 0.5) is 0 Å². The molecule has 0 fully saturated rings. The fraction of sp³-hybridized carbons (Fsp3) is 0.211. The first-order chi connectivity index (χ1) is 11.2. The van der Waals surface area contributed by atoms with E-state index in [4.69, 9.17) is 9.47 Å². The number of carbonyl (C=O) groups is 1. The minimum atomic E-state index is -0.128. The standard InChI is InChI=1S/C19H19NO3/c1-14(16-8-9-17-18(13-16)23-12-11-22-17)20-19(21)10-7-15-5-3-2-4-6-15/h2-10,13-14H,11-12H2,1H3,(H,20,21)/b10-7+/t14-/m0/s1. The van der Waals surface area contributed by atoms with Gasteiger partial charge in [-0.25, -0.2) is 0 Å². The smallest absolute Gasteiger partial charge is 0.244 e. The molecule has 0 bridgehead atoms. The summed E-state index contributed by atoms with van der Waals surface area (Å²) in [6, 6.07) is 15.4. The number of nitrogens with one attached hydrogen (secondary N) is 1. The van der Waals surface area contributed by atoms with Gasteiger partial charge in [-0.15, -0.1) is 0 Å². The largest absolute Gasteiger partial charge is 0.486 e. The van der Waals surface area contributed by atoms with Crippen molar-refractivity contribution in [1.82, 2.24) is 5.32 Å². The Morgan fingerprint density at radius 3 is 2.61 bits per heavy atom. The van der Waals surface area contributed by atoms with Crippen molar-refractivity contribution in [2.24, 2.45) is 0 Å². The lowest BCUT2D eigenvalue weighted by Gasteiger charge is -2.20. The lowest BCUT2D eigenvalue weighted by molar-refractivity contribution is -0.117. The molecule has 0 saturated heterocycles. The van der Waals surface area contributed by atoms with E-state index < -0.39 is 0 Å². The zero-order valence-electron chi connectivity index (χ0n) is 13.0. The van der Waals surface area contributed by atoms with Gasteiger partial charge < -0.3 is 14.8 Å². The van der Waals surface area contributed by atoms with Gasteiger partial charge >= 0.3 is 0 Å². The average molecular weight is 309 g/mol. The second-order valence-corrected chi connectivity index (χ2v) is 5.38. The summed E-state index contributed by atoms with van der Waals surface area (Å²) in [7, 11) is 0. The van der Waals surface area contributed by atoms with E-state index >= 15 is 0 Å². The van der Waals surface area contributed by atoms with Crippen molar-refractivity contribution in [3.8, 4) is 11.5 Å². The molecule has 0 aromatic heterocycles. The van der Waals surface area contributed by atoms with Crippen LogP contribution in [0.3, 0.4) is 0 Å². The van der Waals surface area contributed by atoms with Gasteiger partial charge in [0.1, 0.15) is 13.2 Å². The van der Waals surface area contributed by atoms with Crippen molar-refractivity contribution >= 4 is 12.0 Å². The highest BCUT2D eigenvalue weighted by molar-refractivity contribution is 5.91. The highest BCUT2D eigenvalue weighted by Crippen LogP contribution is 2.32. The maximum Gasteiger partial charge on any atom is 0.244 e. The molecule has 0 spiro atoms. The third-order valence-corrected chi connectivity index (χ3v) is 3.65. The van der Waals surface area contributed by atoms with Crippen LogP contribution in [-0.2, 0) is 4.79 Å². The molecule has 2 aromatic rings. The van der Waals surface area contributed by atoms with E-state index in [-0.39, 0.29) is 11.9 Å². The second-order valence-electron chi connectivity index (χ2n) is 5.38. The maximum atomic E-state index is 12.0. The number of amides is 1. The Kier molecular flexibility index (Phi) is 4.62. The number of carbonyl (C=O) groups excluding carboxylic acids is 1. The van der Waals surface area contributed by atoms with E-state index in [1.54, 1.807) is 12.2 Å². The Morgan fingerprint density at radius 2 is 1.83 bits per heavy atom. The Hall–Kier alpha value is -2.75. The molecule has 0 radical (unpaired) electrons. The SMILES string of the molecule is C[C@H](NC(=O)/C=C/c1ccccc1)c1ccc2c(c1)OCCO2. The summed E-state index contributed by atoms with van der Waals surface area (Å²) in [6.07, 6.45) is 3.34. The molecule has 23 heavy (non-hydrogen) atoms. The summed E-state index contributed by atoms with van der Waals surface area (Å²) in [5.41, 5.74) is 1.98. The molecule has 118 valence electrons. The number of ether oxygens (including phenoxy) is 2. The first-order valence-electron chi connectivity index (χ1n) is 7.65. The van der Waals surface area contributed by atoms with Gasteiger partial charge in [-0.2, -0.15) is 0 Å². The van der Waals surface area contributed by atoms with Crippen molar-refractivity contribution in [2.75, 3.05) is 13.2 Å². The fourth-order valence-electron chi connectivity index (χ4n) is 2.41. The lowest BCUT2D eigenvalue weighted by Crippen LogP contribution is -2.25. The van der Waals surface area contributed by atoms with Gasteiger partial charge in [-0.3, -0.25) is 4.79 Å². The van der Waals surface area contributed by atoms with E-state index in [0.29, 0.717) is 13.2 Å². The van der Waals surface area contributed by atoms with E-state index in [2.05, 4.69) is 5.32 Å². The number of hydrogen-bond acceptors (Lipinski definition) is 3. The third kappa shape index (κ3) is 3.92. The zero-order chi connectivity index (χ0) is 16.1. The van der Waals surface area contributed by atoms with Gasteiger partial charge in [0, 0.05) is 6.08 Å². The fourth-order valence-corrected chi connectivity index (χ4v) is 2.41. The van der Waals surface area contributed by atoms with Crippen LogP contribution in [0.2, 0.25) is 0 Å². The first-order valence-corrected chi connectivity index (χ1v) is 7.65. The van der Waals surface area contributed by atoms with Crippen LogP contribution in [-0.4, -0.2) is 19.1 Å². The molecular weight excluding hydrogens is 290 g/mol. The van der Waals surface area contributed by atoms with Crippen LogP contribution < -0.4 is 14.8 Å². The number of hydrogen-bond donors (Lipinski definition) is 1. The maximum absolute atomic E-state index is 12.0. The van der Waals surface area contributed by atoms with Crippen LogP contribution in [0, 0.1) is 0 Å². The molecule has 3 rings (SSSR count). The minimum absolute atomic E-state index is 0.112. The molecule has 4 nitrogen and oxygen atoms in total. The summed E-state index contributed by atoms with van der Waals surface area (Å²) in [5, 5.41) is 2.95. The molecule has 0 unspecified atom stereocenters. The number of benzene rings is 2. The molecule has 1 amide bonds. The number of fused-ring (bicyclic) bond motifs is 1. The van der Waals surface area contributed by atoms with E-state index in [9.17, 15) is 4.79 Å². The van der Waals surface area contributed by atoms with E-state index in [1.165, 1.54) is 0 Å². The zero-order valence-corrected chi connectivity index (χ0v) is 13.0. The summed E-state index contributed by atoms with van der Waals surface area (Å²) in [6.45, 7) is 3.07. The van der Waals surface area contributed by atoms with E-state index in [0.717, 1.165) is 22.6 Å². The Bertz CT molecular complexity index is 710. The molecule has 1 heterocycles. The van der Waals surface area contributed by atoms with Crippen molar-refractivity contribution in [3.05, 3.63) is 65.7 Å². The van der Waals surface area contributed by atoms with Crippen molar-refractivity contribution < 1.29 is 14.3 Å². The van der Waals surface area contributed by atoms with Gasteiger partial charge in [0.2, 0.25) is 5.91 Å². The van der Waals surface area contributed by atoms with Gasteiger partial charge in [-0.05, 0) is 36.3 Å². The monoisotopic (exact) mass is 309 g/mol. The highest BCUT2D eigenvalue weighted by atomic mass is 16.6. The van der Waals surface area contributed by atoms with Gasteiger partial charge in [0.05, 0.1) is 6.04 Å². The first kappa shape index (κ1) is 15.2. The quantitative estimate of drug-likeness (QED) is 0.881. The van der Waals surface area contributed by atoms with E-state index in [1.807, 2.05) is 55.5 Å². The van der Waals surface area contributed by atoms with Crippen molar-refractivity contribution in [3.63, 3.8) is 0 Å². The number of rotatable bonds is 4. The predicted octanol–water partition coefficient (Wildman–Crippen LogP) is 3.35. The molecule has 1 aliphatic rings. The highest BCUT2D eigenvalue weighted by Gasteiger charge is 2.15.